The number of rotatable bonds is 8. The molecule has 0 aromatic heterocycles. The van der Waals surface area contributed by atoms with Gasteiger partial charge >= 0.3 is 5.97 Å². The molecule has 0 radical (unpaired) electrons. The van der Waals surface area contributed by atoms with Gasteiger partial charge in [0.2, 0.25) is 10.0 Å². The van der Waals surface area contributed by atoms with Gasteiger partial charge in [0, 0.05) is 38.3 Å². The molecule has 1 aliphatic heterocycles. The van der Waals surface area contributed by atoms with Crippen LogP contribution in [0.3, 0.4) is 0 Å². The van der Waals surface area contributed by atoms with Gasteiger partial charge in [0.05, 0.1) is 6.26 Å². The van der Waals surface area contributed by atoms with Crippen LogP contribution in [0.25, 0.3) is 0 Å². The van der Waals surface area contributed by atoms with Crippen molar-refractivity contribution in [3.8, 4) is 17.6 Å². The molecule has 1 fully saturated rings. The third kappa shape index (κ3) is 6.74. The van der Waals surface area contributed by atoms with E-state index in [1.54, 1.807) is 36.1 Å². The molecule has 2 N–H and O–H groups in total. The fourth-order valence-corrected chi connectivity index (χ4v) is 3.73. The topological polar surface area (TPSA) is 116 Å². The number of hydrogen-bond donors (Lipinski definition) is 2. The van der Waals surface area contributed by atoms with Gasteiger partial charge in [-0.25, -0.2) is 8.42 Å². The second kappa shape index (κ2) is 10.2. The van der Waals surface area contributed by atoms with Crippen molar-refractivity contribution in [2.24, 2.45) is 0 Å². The number of piperazine rings is 1. The summed E-state index contributed by atoms with van der Waals surface area (Å²) >= 11 is 0. The maximum absolute atomic E-state index is 12.3. The first-order valence-corrected chi connectivity index (χ1v) is 10.9. The molecule has 0 spiro atoms. The number of hydrogen-bond acceptors (Lipinski definition) is 6. The van der Waals surface area contributed by atoms with E-state index in [0.29, 0.717) is 11.3 Å². The summed E-state index contributed by atoms with van der Waals surface area (Å²) in [6.45, 7) is 2.90. The molecule has 158 valence electrons. The lowest BCUT2D eigenvalue weighted by atomic mass is 10.1. The first-order valence-electron chi connectivity index (χ1n) is 9.05. The highest BCUT2D eigenvalue weighted by atomic mass is 32.2. The zero-order valence-electron chi connectivity index (χ0n) is 16.4. The minimum Gasteiger partial charge on any atom is -0.481 e. The number of carbonyl (C=O) groups is 2. The summed E-state index contributed by atoms with van der Waals surface area (Å²) in [6, 6.07) is 5.53. The molecular weight excluding hydrogens is 398 g/mol. The Labute approximate surface area is 170 Å². The molecule has 1 aromatic rings. The van der Waals surface area contributed by atoms with Crippen LogP contribution < -0.4 is 10.1 Å². The van der Waals surface area contributed by atoms with E-state index in [1.165, 1.54) is 4.31 Å². The fraction of sp³-hybridized carbons (Fsp3) is 0.474. The van der Waals surface area contributed by atoms with Gasteiger partial charge in [-0.05, 0) is 31.2 Å². The molecule has 9 nitrogen and oxygen atoms in total. The van der Waals surface area contributed by atoms with E-state index in [9.17, 15) is 23.1 Å². The van der Waals surface area contributed by atoms with E-state index in [0.717, 1.165) is 6.26 Å². The highest BCUT2D eigenvalue weighted by molar-refractivity contribution is 7.88. The van der Waals surface area contributed by atoms with E-state index >= 15 is 0 Å². The lowest BCUT2D eigenvalue weighted by Gasteiger charge is -2.36. The number of carboxylic acids is 1. The summed E-state index contributed by atoms with van der Waals surface area (Å²) < 4.78 is 29.9. The maximum Gasteiger partial charge on any atom is 0.322 e. The fourth-order valence-electron chi connectivity index (χ4n) is 2.91. The molecule has 0 saturated carbocycles. The highest BCUT2D eigenvalue weighted by Gasteiger charge is 2.31. The second-order valence-electron chi connectivity index (χ2n) is 6.50. The van der Waals surface area contributed by atoms with Crippen molar-refractivity contribution in [1.82, 2.24) is 14.5 Å². The van der Waals surface area contributed by atoms with Gasteiger partial charge in [-0.2, -0.15) is 4.31 Å². The summed E-state index contributed by atoms with van der Waals surface area (Å²) in [5.74, 6) is 4.60. The van der Waals surface area contributed by atoms with Gasteiger partial charge < -0.3 is 15.2 Å². The van der Waals surface area contributed by atoms with Gasteiger partial charge in [0.1, 0.15) is 18.4 Å². The van der Waals surface area contributed by atoms with Crippen molar-refractivity contribution >= 4 is 21.9 Å². The SMILES string of the molecule is CC#CCOc1ccc(C(=O)NCC(C(=O)O)N2CCN(S(C)(=O)=O)CC2)cc1. The van der Waals surface area contributed by atoms with Gasteiger partial charge in [0.25, 0.3) is 5.91 Å². The van der Waals surface area contributed by atoms with E-state index < -0.39 is 27.9 Å². The number of benzene rings is 1. The maximum atomic E-state index is 12.3. The van der Waals surface area contributed by atoms with Crippen molar-refractivity contribution in [1.29, 1.82) is 0 Å². The molecule has 1 aliphatic rings. The third-order valence-corrected chi connectivity index (χ3v) is 5.83. The van der Waals surface area contributed by atoms with Crippen molar-refractivity contribution in [2.75, 3.05) is 45.6 Å². The molecule has 29 heavy (non-hydrogen) atoms. The van der Waals surface area contributed by atoms with Gasteiger partial charge in [-0.15, -0.1) is 5.92 Å². The van der Waals surface area contributed by atoms with Crippen LogP contribution in [0.4, 0.5) is 0 Å². The zero-order valence-corrected chi connectivity index (χ0v) is 17.2. The molecule has 1 amide bonds. The standard InChI is InChI=1S/C19H25N3O6S/c1-3-4-13-28-16-7-5-15(6-8-16)18(23)20-14-17(19(24)25)21-9-11-22(12-10-21)29(2,26)27/h5-8,17H,9-14H2,1-2H3,(H,20,23)(H,24,25). The first-order chi connectivity index (χ1) is 13.7. The average molecular weight is 423 g/mol. The molecule has 1 aromatic carbocycles. The number of ether oxygens (including phenoxy) is 1. The van der Waals surface area contributed by atoms with E-state index in [2.05, 4.69) is 17.2 Å². The molecule has 1 heterocycles. The average Bonchev–Trinajstić information content (AvgIpc) is 2.68. The predicted octanol–water partition coefficient (Wildman–Crippen LogP) is -0.151. The Balaban J connectivity index is 1.90. The van der Waals surface area contributed by atoms with E-state index in [4.69, 9.17) is 4.74 Å². The van der Waals surface area contributed by atoms with Crippen LogP contribution in [-0.2, 0) is 14.8 Å². The van der Waals surface area contributed by atoms with Crippen LogP contribution >= 0.6 is 0 Å². The van der Waals surface area contributed by atoms with E-state index in [1.807, 2.05) is 0 Å². The first kappa shape index (κ1) is 22.7. The number of nitrogens with zero attached hydrogens (tertiary/aromatic N) is 2. The van der Waals surface area contributed by atoms with E-state index in [-0.39, 0.29) is 39.3 Å². The Hall–Kier alpha value is -2.61. The van der Waals surface area contributed by atoms with Crippen LogP contribution in [0.15, 0.2) is 24.3 Å². The molecule has 2 rings (SSSR count). The van der Waals surface area contributed by atoms with Crippen molar-refractivity contribution in [2.45, 2.75) is 13.0 Å². The minimum absolute atomic E-state index is 0.0859. The Kier molecular flexibility index (Phi) is 8.01. The predicted molar refractivity (Wildman–Crippen MR) is 107 cm³/mol. The van der Waals surface area contributed by atoms with Crippen LogP contribution in [0.1, 0.15) is 17.3 Å². The second-order valence-corrected chi connectivity index (χ2v) is 8.48. The number of carboxylic acid groups (broad SMARTS) is 1. The molecule has 1 atom stereocenters. The summed E-state index contributed by atoms with van der Waals surface area (Å²) in [6.07, 6.45) is 1.13. The van der Waals surface area contributed by atoms with Crippen molar-refractivity contribution in [3.63, 3.8) is 0 Å². The number of nitrogens with one attached hydrogen (secondary N) is 1. The van der Waals surface area contributed by atoms with Crippen LogP contribution in [-0.4, -0.2) is 86.2 Å². The Morgan fingerprint density at radius 2 is 1.83 bits per heavy atom. The molecule has 10 heteroatoms. The number of carbonyl (C=O) groups excluding carboxylic acids is 1. The zero-order chi connectivity index (χ0) is 21.4. The Morgan fingerprint density at radius 3 is 2.34 bits per heavy atom. The van der Waals surface area contributed by atoms with Crippen molar-refractivity contribution in [3.05, 3.63) is 29.8 Å². The van der Waals surface area contributed by atoms with Gasteiger partial charge in [-0.3, -0.25) is 14.5 Å². The summed E-state index contributed by atoms with van der Waals surface area (Å²) in [4.78, 5) is 25.6. The summed E-state index contributed by atoms with van der Waals surface area (Å²) in [7, 11) is -3.30. The Morgan fingerprint density at radius 1 is 1.21 bits per heavy atom. The van der Waals surface area contributed by atoms with Crippen LogP contribution in [0, 0.1) is 11.8 Å². The molecule has 1 unspecified atom stereocenters. The molecule has 0 aliphatic carbocycles. The molecule has 1 saturated heterocycles. The normalized spacial score (nSPS) is 16.3. The van der Waals surface area contributed by atoms with Crippen molar-refractivity contribution < 1.29 is 27.9 Å². The quantitative estimate of drug-likeness (QED) is 0.559. The highest BCUT2D eigenvalue weighted by Crippen LogP contribution is 2.13. The third-order valence-electron chi connectivity index (χ3n) is 4.53. The summed E-state index contributed by atoms with van der Waals surface area (Å²) in [5.41, 5.74) is 0.380. The summed E-state index contributed by atoms with van der Waals surface area (Å²) in [5, 5.41) is 12.2. The number of sulfonamides is 1. The molecule has 0 bridgehead atoms. The largest absolute Gasteiger partial charge is 0.481 e. The lowest BCUT2D eigenvalue weighted by molar-refractivity contribution is -0.143. The monoisotopic (exact) mass is 423 g/mol. The smallest absolute Gasteiger partial charge is 0.322 e. The van der Waals surface area contributed by atoms with Gasteiger partial charge in [0.15, 0.2) is 0 Å². The minimum atomic E-state index is -3.30. The van der Waals surface area contributed by atoms with Crippen LogP contribution in [0.5, 0.6) is 5.75 Å². The molecular formula is C19H25N3O6S. The number of amides is 1. The van der Waals surface area contributed by atoms with Crippen LogP contribution in [0.2, 0.25) is 0 Å². The number of aliphatic carboxylic acids is 1. The van der Waals surface area contributed by atoms with Gasteiger partial charge in [-0.1, -0.05) is 5.92 Å². The lowest BCUT2D eigenvalue weighted by Crippen LogP contribution is -2.56. The Bertz CT molecular complexity index is 881.